The molecule has 8 nitrogen and oxygen atoms in total. The lowest BCUT2D eigenvalue weighted by atomic mass is 9.93. The fourth-order valence-electron chi connectivity index (χ4n) is 4.50. The van der Waals surface area contributed by atoms with Crippen LogP contribution in [0.2, 0.25) is 0 Å². The van der Waals surface area contributed by atoms with Crippen molar-refractivity contribution in [2.45, 2.75) is 75.2 Å². The molecule has 0 bridgehead atoms. The Morgan fingerprint density at radius 3 is 2.05 bits per heavy atom. The number of ether oxygens (including phenoxy) is 4. The van der Waals surface area contributed by atoms with Gasteiger partial charge in [-0.1, -0.05) is 67.8 Å². The Labute approximate surface area is 232 Å². The van der Waals surface area contributed by atoms with Crippen molar-refractivity contribution in [3.63, 3.8) is 0 Å². The maximum atomic E-state index is 13.0. The minimum atomic E-state index is -3.78. The Hall–Kier alpha value is -2.91. The molecule has 2 aromatic rings. The quantitative estimate of drug-likeness (QED) is 0.168. The second-order valence-electron chi connectivity index (χ2n) is 9.68. The molecule has 0 saturated heterocycles. The van der Waals surface area contributed by atoms with E-state index in [9.17, 15) is 18.0 Å². The molecule has 2 rings (SSSR count). The molecule has 0 saturated carbocycles. The molecule has 2 aromatic carbocycles. The summed E-state index contributed by atoms with van der Waals surface area (Å²) in [4.78, 5) is 24.2. The number of hydrogen-bond acceptors (Lipinski definition) is 8. The molecule has 2 unspecified atom stereocenters. The molecule has 0 spiro atoms. The highest BCUT2D eigenvalue weighted by atomic mass is 32.2. The van der Waals surface area contributed by atoms with Gasteiger partial charge in [0.25, 0.3) is 0 Å². The SMILES string of the molecule is COC(=O)CCCCCCC(CCCC(COc1ccccc1)OCc1ccccc1)(C(=O)OC)S(C)(=O)=O. The lowest BCUT2D eigenvalue weighted by Gasteiger charge is -2.30. The first-order valence-corrected chi connectivity index (χ1v) is 15.3. The summed E-state index contributed by atoms with van der Waals surface area (Å²) in [5.74, 6) is -0.282. The summed E-state index contributed by atoms with van der Waals surface area (Å²) < 4.78 is 46.1. The molecule has 9 heteroatoms. The Kier molecular flexibility index (Phi) is 14.0. The molecular weight excluding hydrogens is 520 g/mol. The van der Waals surface area contributed by atoms with Crippen LogP contribution in [0, 0.1) is 0 Å². The van der Waals surface area contributed by atoms with Gasteiger partial charge >= 0.3 is 11.9 Å². The van der Waals surface area contributed by atoms with Crippen LogP contribution in [-0.2, 0) is 40.2 Å². The smallest absolute Gasteiger partial charge is 0.327 e. The van der Waals surface area contributed by atoms with Crippen molar-refractivity contribution >= 4 is 21.8 Å². The van der Waals surface area contributed by atoms with Gasteiger partial charge in [0, 0.05) is 12.7 Å². The maximum absolute atomic E-state index is 13.0. The number of sulfone groups is 1. The van der Waals surface area contributed by atoms with E-state index in [1.165, 1.54) is 14.2 Å². The largest absolute Gasteiger partial charge is 0.491 e. The predicted octanol–water partition coefficient (Wildman–Crippen LogP) is 5.29. The number of unbranched alkanes of at least 4 members (excludes halogenated alkanes) is 3. The minimum absolute atomic E-state index is 0.122. The van der Waals surface area contributed by atoms with Crippen molar-refractivity contribution < 1.29 is 37.0 Å². The number of carbonyl (C=O) groups excluding carboxylic acids is 2. The number of rotatable bonds is 19. The molecule has 0 aliphatic rings. The molecule has 0 aliphatic heterocycles. The van der Waals surface area contributed by atoms with E-state index in [0.29, 0.717) is 51.7 Å². The van der Waals surface area contributed by atoms with E-state index >= 15 is 0 Å². The van der Waals surface area contributed by atoms with Gasteiger partial charge < -0.3 is 18.9 Å². The average Bonchev–Trinajstić information content (AvgIpc) is 2.94. The molecule has 0 heterocycles. The van der Waals surface area contributed by atoms with Crippen molar-refractivity contribution in [2.24, 2.45) is 0 Å². The van der Waals surface area contributed by atoms with Gasteiger partial charge in [0.1, 0.15) is 12.4 Å². The summed E-state index contributed by atoms with van der Waals surface area (Å²) in [5, 5.41) is 0. The van der Waals surface area contributed by atoms with Crippen LogP contribution in [0.25, 0.3) is 0 Å². The number of hydrogen-bond donors (Lipinski definition) is 0. The van der Waals surface area contributed by atoms with E-state index in [0.717, 1.165) is 24.0 Å². The summed E-state index contributed by atoms with van der Waals surface area (Å²) in [7, 11) is -1.21. The monoisotopic (exact) mass is 562 g/mol. The van der Waals surface area contributed by atoms with Crippen LogP contribution in [0.1, 0.15) is 63.4 Å². The molecule has 0 amide bonds. The van der Waals surface area contributed by atoms with Crippen LogP contribution < -0.4 is 4.74 Å². The molecule has 0 N–H and O–H groups in total. The van der Waals surface area contributed by atoms with Crippen LogP contribution in [0.5, 0.6) is 5.75 Å². The number of esters is 2. The third-order valence-corrected chi connectivity index (χ3v) is 8.82. The predicted molar refractivity (Wildman–Crippen MR) is 150 cm³/mol. The highest BCUT2D eigenvalue weighted by Crippen LogP contribution is 2.32. The molecule has 0 fully saturated rings. The van der Waals surface area contributed by atoms with Gasteiger partial charge in [-0.05, 0) is 49.8 Å². The molecule has 39 heavy (non-hydrogen) atoms. The zero-order valence-electron chi connectivity index (χ0n) is 23.3. The van der Waals surface area contributed by atoms with Crippen LogP contribution in [-0.4, -0.2) is 58.3 Å². The van der Waals surface area contributed by atoms with E-state index in [1.807, 2.05) is 60.7 Å². The summed E-state index contributed by atoms with van der Waals surface area (Å²) in [6.45, 7) is 0.685. The normalized spacial score (nSPS) is 13.7. The summed E-state index contributed by atoms with van der Waals surface area (Å²) >= 11 is 0. The zero-order valence-corrected chi connectivity index (χ0v) is 24.1. The first-order valence-electron chi connectivity index (χ1n) is 13.4. The summed E-state index contributed by atoms with van der Waals surface area (Å²) in [6, 6.07) is 19.2. The topological polar surface area (TPSA) is 105 Å². The van der Waals surface area contributed by atoms with Crippen molar-refractivity contribution in [1.82, 2.24) is 0 Å². The Bertz CT molecular complexity index is 1040. The highest BCUT2D eigenvalue weighted by molar-refractivity contribution is 7.92. The molecule has 216 valence electrons. The van der Waals surface area contributed by atoms with Crippen molar-refractivity contribution in [2.75, 3.05) is 27.1 Å². The lowest BCUT2D eigenvalue weighted by Crippen LogP contribution is -2.47. The first-order chi connectivity index (χ1) is 18.7. The standard InChI is InChI=1S/C30H42O8S/c1-35-28(31)20-12-4-5-13-21-30(29(32)36-2,39(3,33)34)22-14-19-27(24-38-26-17-10-7-11-18-26)37-23-25-15-8-6-9-16-25/h6-11,15-18,27H,4-5,12-14,19-24H2,1-3H3. The molecule has 0 aromatic heterocycles. The third kappa shape index (κ3) is 11.0. The first kappa shape index (κ1) is 32.3. The van der Waals surface area contributed by atoms with E-state index in [1.54, 1.807) is 0 Å². The van der Waals surface area contributed by atoms with E-state index < -0.39 is 20.6 Å². The zero-order chi connectivity index (χ0) is 28.6. The number of benzene rings is 2. The number of para-hydroxylation sites is 1. The minimum Gasteiger partial charge on any atom is -0.491 e. The Morgan fingerprint density at radius 2 is 1.44 bits per heavy atom. The summed E-state index contributed by atoms with van der Waals surface area (Å²) in [5.41, 5.74) is 1.02. The highest BCUT2D eigenvalue weighted by Gasteiger charge is 2.48. The van der Waals surface area contributed by atoms with Gasteiger partial charge in [0.15, 0.2) is 14.6 Å². The molecule has 0 aliphatic carbocycles. The van der Waals surface area contributed by atoms with Crippen LogP contribution in [0.15, 0.2) is 60.7 Å². The molecule has 0 radical (unpaired) electrons. The second kappa shape index (κ2) is 16.9. The summed E-state index contributed by atoms with van der Waals surface area (Å²) in [6.07, 6.45) is 4.94. The van der Waals surface area contributed by atoms with E-state index in [4.69, 9.17) is 14.2 Å². The van der Waals surface area contributed by atoms with E-state index in [2.05, 4.69) is 4.74 Å². The van der Waals surface area contributed by atoms with Gasteiger partial charge in [-0.3, -0.25) is 9.59 Å². The Morgan fingerprint density at radius 1 is 0.821 bits per heavy atom. The van der Waals surface area contributed by atoms with Gasteiger partial charge in [-0.25, -0.2) is 8.42 Å². The second-order valence-corrected chi connectivity index (χ2v) is 12.0. The number of carbonyl (C=O) groups is 2. The Balaban J connectivity index is 2.04. The van der Waals surface area contributed by atoms with Crippen molar-refractivity contribution in [1.29, 1.82) is 0 Å². The van der Waals surface area contributed by atoms with Crippen LogP contribution in [0.4, 0.5) is 0 Å². The maximum Gasteiger partial charge on any atom is 0.327 e. The van der Waals surface area contributed by atoms with Gasteiger partial charge in [-0.15, -0.1) is 0 Å². The number of methoxy groups -OCH3 is 2. The van der Waals surface area contributed by atoms with Crippen molar-refractivity contribution in [3.05, 3.63) is 66.2 Å². The average molecular weight is 563 g/mol. The lowest BCUT2D eigenvalue weighted by molar-refractivity contribution is -0.144. The van der Waals surface area contributed by atoms with Crippen LogP contribution in [0.3, 0.4) is 0 Å². The van der Waals surface area contributed by atoms with E-state index in [-0.39, 0.29) is 24.9 Å². The van der Waals surface area contributed by atoms with Gasteiger partial charge in [-0.2, -0.15) is 0 Å². The molecular formula is C30H42O8S. The van der Waals surface area contributed by atoms with Gasteiger partial charge in [0.05, 0.1) is 26.9 Å². The van der Waals surface area contributed by atoms with Crippen molar-refractivity contribution in [3.8, 4) is 5.75 Å². The fraction of sp³-hybridized carbons (Fsp3) is 0.533. The van der Waals surface area contributed by atoms with Gasteiger partial charge in [0.2, 0.25) is 0 Å². The fourth-order valence-corrected chi connectivity index (χ4v) is 5.91. The van der Waals surface area contributed by atoms with Crippen LogP contribution >= 0.6 is 0 Å². The third-order valence-electron chi connectivity index (χ3n) is 6.82. The molecule has 2 atom stereocenters.